The summed E-state index contributed by atoms with van der Waals surface area (Å²) in [5.74, 6) is -0.392. The van der Waals surface area contributed by atoms with E-state index in [4.69, 9.17) is 22.1 Å². The summed E-state index contributed by atoms with van der Waals surface area (Å²) in [6, 6.07) is 4.69. The lowest BCUT2D eigenvalue weighted by Gasteiger charge is -2.20. The van der Waals surface area contributed by atoms with Gasteiger partial charge in [0.2, 0.25) is 0 Å². The highest BCUT2D eigenvalue weighted by Gasteiger charge is 2.27. The third-order valence-electron chi connectivity index (χ3n) is 3.23. The van der Waals surface area contributed by atoms with E-state index >= 15 is 0 Å². The first-order chi connectivity index (χ1) is 8.08. The van der Waals surface area contributed by atoms with Gasteiger partial charge in [0, 0.05) is 6.04 Å². The number of hydrogen-bond donors (Lipinski definition) is 1. The van der Waals surface area contributed by atoms with Gasteiger partial charge in [0.25, 0.3) is 0 Å². The van der Waals surface area contributed by atoms with Crippen LogP contribution in [0.5, 0.6) is 0 Å². The fourth-order valence-corrected chi connectivity index (χ4v) is 2.44. The molecule has 1 aliphatic rings. The molecule has 2 rings (SSSR count). The van der Waals surface area contributed by atoms with E-state index in [2.05, 4.69) is 0 Å². The van der Waals surface area contributed by atoms with Crippen LogP contribution in [0, 0.1) is 5.82 Å². The van der Waals surface area contributed by atoms with Gasteiger partial charge in [-0.2, -0.15) is 0 Å². The minimum atomic E-state index is -0.392. The zero-order valence-electron chi connectivity index (χ0n) is 9.83. The van der Waals surface area contributed by atoms with Crippen LogP contribution >= 0.6 is 11.6 Å². The summed E-state index contributed by atoms with van der Waals surface area (Å²) in [5, 5.41) is 0.175. The van der Waals surface area contributed by atoms with Crippen molar-refractivity contribution in [2.45, 2.75) is 44.4 Å². The molecule has 2 N–H and O–H groups in total. The molecule has 0 aliphatic carbocycles. The zero-order chi connectivity index (χ0) is 12.4. The Morgan fingerprint density at radius 2 is 2.29 bits per heavy atom. The Bertz CT molecular complexity index is 399. The molecule has 1 heterocycles. The van der Waals surface area contributed by atoms with Gasteiger partial charge in [-0.05, 0) is 37.8 Å². The third-order valence-corrected chi connectivity index (χ3v) is 3.65. The van der Waals surface area contributed by atoms with E-state index in [1.807, 2.05) is 13.0 Å². The topological polar surface area (TPSA) is 35.2 Å². The maximum absolute atomic E-state index is 13.3. The number of hydrogen-bond acceptors (Lipinski definition) is 2. The van der Waals surface area contributed by atoms with Gasteiger partial charge in [-0.1, -0.05) is 23.7 Å². The number of ether oxygens (including phenoxy) is 1. The molecule has 0 radical (unpaired) electrons. The highest BCUT2D eigenvalue weighted by Crippen LogP contribution is 2.25. The molecule has 0 aromatic heterocycles. The zero-order valence-corrected chi connectivity index (χ0v) is 10.6. The van der Waals surface area contributed by atoms with Gasteiger partial charge in [-0.3, -0.25) is 0 Å². The second-order valence-electron chi connectivity index (χ2n) is 4.64. The van der Waals surface area contributed by atoms with Gasteiger partial charge < -0.3 is 10.5 Å². The van der Waals surface area contributed by atoms with Gasteiger partial charge in [-0.15, -0.1) is 0 Å². The van der Waals surface area contributed by atoms with E-state index in [9.17, 15) is 4.39 Å². The lowest BCUT2D eigenvalue weighted by Crippen LogP contribution is -2.36. The summed E-state index contributed by atoms with van der Waals surface area (Å²) in [5.41, 5.74) is 6.84. The molecule has 0 saturated carbocycles. The van der Waals surface area contributed by atoms with Crippen molar-refractivity contribution < 1.29 is 9.13 Å². The van der Waals surface area contributed by atoms with Gasteiger partial charge in [0.15, 0.2) is 0 Å². The van der Waals surface area contributed by atoms with Crippen LogP contribution < -0.4 is 5.73 Å². The molecule has 0 spiro atoms. The van der Waals surface area contributed by atoms with Gasteiger partial charge >= 0.3 is 0 Å². The van der Waals surface area contributed by atoms with Crippen LogP contribution in [0.4, 0.5) is 4.39 Å². The van der Waals surface area contributed by atoms with Gasteiger partial charge in [0.1, 0.15) is 5.82 Å². The van der Waals surface area contributed by atoms with Crippen LogP contribution in [0.1, 0.15) is 25.3 Å². The standard InChI is InChI=1S/C13H17ClFNO/c1-8-5-6-12(17-8)11(16)7-9-3-2-4-10(15)13(9)14/h2-4,8,11-12H,5-7,16H2,1H3. The van der Waals surface area contributed by atoms with Crippen LogP contribution in [0.3, 0.4) is 0 Å². The summed E-state index contributed by atoms with van der Waals surface area (Å²) in [4.78, 5) is 0. The van der Waals surface area contributed by atoms with E-state index in [-0.39, 0.29) is 23.3 Å². The molecule has 17 heavy (non-hydrogen) atoms. The van der Waals surface area contributed by atoms with E-state index in [0.717, 1.165) is 18.4 Å². The predicted molar refractivity (Wildman–Crippen MR) is 66.7 cm³/mol. The normalized spacial score (nSPS) is 26.1. The molecule has 2 nitrogen and oxygen atoms in total. The Morgan fingerprint density at radius 3 is 2.94 bits per heavy atom. The fraction of sp³-hybridized carbons (Fsp3) is 0.538. The van der Waals surface area contributed by atoms with E-state index in [1.165, 1.54) is 6.07 Å². The Hall–Kier alpha value is -0.640. The first kappa shape index (κ1) is 12.8. The van der Waals surface area contributed by atoms with Crippen molar-refractivity contribution in [3.05, 3.63) is 34.6 Å². The maximum atomic E-state index is 13.3. The second-order valence-corrected chi connectivity index (χ2v) is 5.02. The third kappa shape index (κ3) is 2.97. The molecular formula is C13H17ClFNO. The Kier molecular flexibility index (Phi) is 4.02. The molecule has 0 bridgehead atoms. The van der Waals surface area contributed by atoms with E-state index in [1.54, 1.807) is 6.07 Å². The molecular weight excluding hydrogens is 241 g/mol. The van der Waals surface area contributed by atoms with E-state index in [0.29, 0.717) is 6.42 Å². The highest BCUT2D eigenvalue weighted by atomic mass is 35.5. The smallest absolute Gasteiger partial charge is 0.142 e. The molecule has 1 fully saturated rings. The SMILES string of the molecule is CC1CCC(C(N)Cc2cccc(F)c2Cl)O1. The van der Waals surface area contributed by atoms with Crippen molar-refractivity contribution in [2.75, 3.05) is 0 Å². The van der Waals surface area contributed by atoms with Crippen LogP contribution in [0.2, 0.25) is 5.02 Å². The molecule has 4 heteroatoms. The van der Waals surface area contributed by atoms with Crippen molar-refractivity contribution in [3.63, 3.8) is 0 Å². The van der Waals surface area contributed by atoms with Crippen molar-refractivity contribution in [1.29, 1.82) is 0 Å². The molecule has 1 aliphatic heterocycles. The minimum absolute atomic E-state index is 0.0596. The average Bonchev–Trinajstić information content (AvgIpc) is 2.72. The summed E-state index contributed by atoms with van der Waals surface area (Å²) in [6.45, 7) is 2.04. The first-order valence-electron chi connectivity index (χ1n) is 5.92. The number of rotatable bonds is 3. The molecule has 3 atom stereocenters. The highest BCUT2D eigenvalue weighted by molar-refractivity contribution is 6.31. The Balaban J connectivity index is 2.03. The first-order valence-corrected chi connectivity index (χ1v) is 6.29. The molecule has 0 amide bonds. The second kappa shape index (κ2) is 5.34. The Morgan fingerprint density at radius 1 is 1.53 bits per heavy atom. The van der Waals surface area contributed by atoms with E-state index < -0.39 is 5.82 Å². The number of halogens is 2. The largest absolute Gasteiger partial charge is 0.374 e. The summed E-state index contributed by atoms with van der Waals surface area (Å²) in [6.07, 6.45) is 2.89. The lowest BCUT2D eigenvalue weighted by atomic mass is 10.00. The fourth-order valence-electron chi connectivity index (χ4n) is 2.24. The summed E-state index contributed by atoms with van der Waals surface area (Å²) >= 11 is 5.90. The minimum Gasteiger partial charge on any atom is -0.374 e. The van der Waals surface area contributed by atoms with Gasteiger partial charge in [-0.25, -0.2) is 4.39 Å². The molecule has 1 aromatic carbocycles. The quantitative estimate of drug-likeness (QED) is 0.904. The van der Waals surface area contributed by atoms with Crippen LogP contribution in [-0.4, -0.2) is 18.2 Å². The maximum Gasteiger partial charge on any atom is 0.142 e. The molecule has 1 saturated heterocycles. The monoisotopic (exact) mass is 257 g/mol. The van der Waals surface area contributed by atoms with Gasteiger partial charge in [0.05, 0.1) is 17.2 Å². The predicted octanol–water partition coefficient (Wildman–Crippen LogP) is 2.92. The average molecular weight is 258 g/mol. The van der Waals surface area contributed by atoms with Crippen molar-refractivity contribution >= 4 is 11.6 Å². The van der Waals surface area contributed by atoms with Crippen molar-refractivity contribution in [3.8, 4) is 0 Å². The van der Waals surface area contributed by atoms with Crippen LogP contribution in [0.15, 0.2) is 18.2 Å². The molecule has 3 unspecified atom stereocenters. The summed E-state index contributed by atoms with van der Waals surface area (Å²) in [7, 11) is 0. The van der Waals surface area contributed by atoms with Crippen LogP contribution in [0.25, 0.3) is 0 Å². The summed E-state index contributed by atoms with van der Waals surface area (Å²) < 4.78 is 19.0. The molecule has 1 aromatic rings. The van der Waals surface area contributed by atoms with Crippen molar-refractivity contribution in [2.24, 2.45) is 5.73 Å². The number of nitrogens with two attached hydrogens (primary N) is 1. The van der Waals surface area contributed by atoms with Crippen LogP contribution in [-0.2, 0) is 11.2 Å². The Labute approximate surface area is 106 Å². The number of benzene rings is 1. The van der Waals surface area contributed by atoms with Crippen molar-refractivity contribution in [1.82, 2.24) is 0 Å². The molecule has 94 valence electrons. The lowest BCUT2D eigenvalue weighted by molar-refractivity contribution is 0.0404.